The Bertz CT molecular complexity index is 804. The number of halogens is 1. The molecule has 2 saturated carbocycles. The quantitative estimate of drug-likeness (QED) is 0.741. The topological polar surface area (TPSA) is 67.7 Å². The van der Waals surface area contributed by atoms with E-state index < -0.39 is 0 Å². The molecule has 2 N–H and O–H groups in total. The van der Waals surface area contributed by atoms with Crippen LogP contribution >= 0.6 is 15.9 Å². The standard InChI is InChI=1S/C17H19BrN6/c1-3-10-7-14(10)24-9-13(15(23-24)11-5-6-11)21-17-20-8-12(18)16(22-17)19-4-2/h1,8-11,14H,4-7H2,2H3,(H2,19,20,21,22)/t10?,14-/m0/s1. The first-order valence-corrected chi connectivity index (χ1v) is 9.07. The first kappa shape index (κ1) is 15.5. The Morgan fingerprint density at radius 2 is 2.29 bits per heavy atom. The highest BCUT2D eigenvalue weighted by molar-refractivity contribution is 9.10. The third-order valence-electron chi connectivity index (χ3n) is 4.37. The van der Waals surface area contributed by atoms with Crippen molar-refractivity contribution in [1.82, 2.24) is 19.7 Å². The molecular weight excluding hydrogens is 368 g/mol. The van der Waals surface area contributed by atoms with Crippen LogP contribution in [0.3, 0.4) is 0 Å². The molecule has 2 heterocycles. The Kier molecular flexibility index (Phi) is 3.93. The lowest BCUT2D eigenvalue weighted by Gasteiger charge is -2.08. The molecule has 124 valence electrons. The largest absolute Gasteiger partial charge is 0.369 e. The summed E-state index contributed by atoms with van der Waals surface area (Å²) in [5, 5.41) is 11.3. The molecule has 2 aliphatic rings. The zero-order valence-electron chi connectivity index (χ0n) is 13.5. The second kappa shape index (κ2) is 6.10. The molecular formula is C17H19BrN6. The highest BCUT2D eigenvalue weighted by atomic mass is 79.9. The number of aromatic nitrogens is 4. The average Bonchev–Trinajstić information content (AvgIpc) is 3.49. The smallest absolute Gasteiger partial charge is 0.229 e. The van der Waals surface area contributed by atoms with E-state index in [9.17, 15) is 0 Å². The summed E-state index contributed by atoms with van der Waals surface area (Å²) in [7, 11) is 0. The van der Waals surface area contributed by atoms with Crippen LogP contribution in [0.5, 0.6) is 0 Å². The minimum Gasteiger partial charge on any atom is -0.369 e. The van der Waals surface area contributed by atoms with E-state index >= 15 is 0 Å². The highest BCUT2D eigenvalue weighted by Crippen LogP contribution is 2.47. The number of anilines is 3. The Morgan fingerprint density at radius 3 is 2.96 bits per heavy atom. The third kappa shape index (κ3) is 2.98. The zero-order chi connectivity index (χ0) is 16.7. The van der Waals surface area contributed by atoms with Gasteiger partial charge >= 0.3 is 0 Å². The van der Waals surface area contributed by atoms with Crippen molar-refractivity contribution >= 4 is 33.4 Å². The Morgan fingerprint density at radius 1 is 1.46 bits per heavy atom. The van der Waals surface area contributed by atoms with Crippen molar-refractivity contribution < 1.29 is 0 Å². The molecule has 6 nitrogen and oxygen atoms in total. The molecule has 2 aliphatic carbocycles. The first-order chi connectivity index (χ1) is 11.7. The van der Waals surface area contributed by atoms with Gasteiger partial charge in [0, 0.05) is 30.8 Å². The monoisotopic (exact) mass is 386 g/mol. The summed E-state index contributed by atoms with van der Waals surface area (Å²) in [5.74, 6) is 5.03. The number of nitrogens with one attached hydrogen (secondary N) is 2. The lowest BCUT2D eigenvalue weighted by atomic mass is 10.2. The van der Waals surface area contributed by atoms with Gasteiger partial charge in [0.05, 0.1) is 21.9 Å². The normalized spacial score (nSPS) is 22.0. The molecule has 24 heavy (non-hydrogen) atoms. The summed E-state index contributed by atoms with van der Waals surface area (Å²) >= 11 is 3.46. The maximum atomic E-state index is 5.52. The third-order valence-corrected chi connectivity index (χ3v) is 4.95. The summed E-state index contributed by atoms with van der Waals surface area (Å²) in [6, 6.07) is 0.339. The molecule has 4 rings (SSSR count). The van der Waals surface area contributed by atoms with Crippen LogP contribution in [0.1, 0.15) is 43.8 Å². The van der Waals surface area contributed by atoms with Crippen molar-refractivity contribution in [2.45, 2.75) is 38.1 Å². The molecule has 1 unspecified atom stereocenters. The molecule has 0 aromatic carbocycles. The summed E-state index contributed by atoms with van der Waals surface area (Å²) in [4.78, 5) is 8.89. The molecule has 2 aromatic heterocycles. The Hall–Kier alpha value is -2.07. The number of nitrogens with zero attached hydrogens (tertiary/aromatic N) is 4. The molecule has 0 spiro atoms. The van der Waals surface area contributed by atoms with Gasteiger partial charge in [-0.15, -0.1) is 12.3 Å². The number of hydrogen-bond donors (Lipinski definition) is 2. The Balaban J connectivity index is 1.60. The summed E-state index contributed by atoms with van der Waals surface area (Å²) in [6.07, 6.45) is 12.7. The van der Waals surface area contributed by atoms with Crippen molar-refractivity contribution in [3.8, 4) is 12.3 Å². The molecule has 0 saturated heterocycles. The van der Waals surface area contributed by atoms with Crippen LogP contribution in [0.4, 0.5) is 17.5 Å². The van der Waals surface area contributed by atoms with Gasteiger partial charge in [-0.05, 0) is 42.1 Å². The van der Waals surface area contributed by atoms with E-state index in [2.05, 4.69) is 42.5 Å². The minimum atomic E-state index is 0.314. The molecule has 2 aromatic rings. The maximum absolute atomic E-state index is 5.52. The molecule has 7 heteroatoms. The summed E-state index contributed by atoms with van der Waals surface area (Å²) in [6.45, 7) is 2.84. The van der Waals surface area contributed by atoms with E-state index in [1.165, 1.54) is 12.8 Å². The second-order valence-electron chi connectivity index (χ2n) is 6.30. The van der Waals surface area contributed by atoms with E-state index in [1.807, 2.05) is 17.8 Å². The van der Waals surface area contributed by atoms with Gasteiger partial charge in [0.15, 0.2) is 0 Å². The molecule has 0 radical (unpaired) electrons. The molecule has 2 fully saturated rings. The van der Waals surface area contributed by atoms with Crippen LogP contribution in [0.25, 0.3) is 0 Å². The average molecular weight is 387 g/mol. The van der Waals surface area contributed by atoms with Gasteiger partial charge < -0.3 is 10.6 Å². The van der Waals surface area contributed by atoms with Crippen LogP contribution in [-0.4, -0.2) is 26.3 Å². The number of rotatable bonds is 6. The van der Waals surface area contributed by atoms with Gasteiger partial charge in [-0.1, -0.05) is 0 Å². The van der Waals surface area contributed by atoms with Crippen LogP contribution in [0.2, 0.25) is 0 Å². The lowest BCUT2D eigenvalue weighted by molar-refractivity contribution is 0.613. The van der Waals surface area contributed by atoms with Gasteiger partial charge in [0.1, 0.15) is 5.82 Å². The van der Waals surface area contributed by atoms with Crippen molar-refractivity contribution in [2.75, 3.05) is 17.2 Å². The van der Waals surface area contributed by atoms with E-state index in [0.29, 0.717) is 23.8 Å². The van der Waals surface area contributed by atoms with E-state index in [1.54, 1.807) is 6.20 Å². The van der Waals surface area contributed by atoms with Gasteiger partial charge in [0.2, 0.25) is 5.95 Å². The van der Waals surface area contributed by atoms with Crippen LogP contribution in [0.15, 0.2) is 16.9 Å². The number of terminal acetylenes is 1. The van der Waals surface area contributed by atoms with Gasteiger partial charge in [-0.25, -0.2) is 4.98 Å². The molecule has 2 atom stereocenters. The minimum absolute atomic E-state index is 0.314. The van der Waals surface area contributed by atoms with Crippen LogP contribution in [-0.2, 0) is 0 Å². The predicted octanol–water partition coefficient (Wildman–Crippen LogP) is 3.68. The fourth-order valence-electron chi connectivity index (χ4n) is 2.82. The van der Waals surface area contributed by atoms with Crippen molar-refractivity contribution in [3.63, 3.8) is 0 Å². The van der Waals surface area contributed by atoms with Crippen molar-refractivity contribution in [1.29, 1.82) is 0 Å². The summed E-state index contributed by atoms with van der Waals surface area (Å²) in [5.41, 5.74) is 2.10. The maximum Gasteiger partial charge on any atom is 0.229 e. The number of hydrogen-bond acceptors (Lipinski definition) is 5. The van der Waals surface area contributed by atoms with E-state index in [-0.39, 0.29) is 0 Å². The lowest BCUT2D eigenvalue weighted by Crippen LogP contribution is -2.04. The van der Waals surface area contributed by atoms with E-state index in [4.69, 9.17) is 11.5 Å². The molecule has 0 aliphatic heterocycles. The first-order valence-electron chi connectivity index (χ1n) is 8.28. The van der Waals surface area contributed by atoms with Crippen molar-refractivity contribution in [2.24, 2.45) is 5.92 Å². The van der Waals surface area contributed by atoms with Crippen LogP contribution in [0, 0.1) is 18.3 Å². The Labute approximate surface area is 149 Å². The second-order valence-corrected chi connectivity index (χ2v) is 7.16. The predicted molar refractivity (Wildman–Crippen MR) is 97.4 cm³/mol. The fourth-order valence-corrected chi connectivity index (χ4v) is 3.15. The van der Waals surface area contributed by atoms with E-state index in [0.717, 1.165) is 34.6 Å². The fraction of sp³-hybridized carbons (Fsp3) is 0.471. The van der Waals surface area contributed by atoms with Gasteiger partial charge in [0.25, 0.3) is 0 Å². The zero-order valence-corrected chi connectivity index (χ0v) is 15.0. The summed E-state index contributed by atoms with van der Waals surface area (Å²) < 4.78 is 2.87. The van der Waals surface area contributed by atoms with Crippen LogP contribution < -0.4 is 10.6 Å². The highest BCUT2D eigenvalue weighted by Gasteiger charge is 2.40. The molecule has 0 amide bonds. The SMILES string of the molecule is C#CC1C[C@@H]1n1cc(Nc2ncc(Br)c(NCC)n2)c(C2CC2)n1. The van der Waals surface area contributed by atoms with Gasteiger partial charge in [-0.2, -0.15) is 10.1 Å². The van der Waals surface area contributed by atoms with Gasteiger partial charge in [-0.3, -0.25) is 4.68 Å². The molecule has 0 bridgehead atoms. The van der Waals surface area contributed by atoms with Crippen molar-refractivity contribution in [3.05, 3.63) is 22.6 Å².